The van der Waals surface area contributed by atoms with Crippen LogP contribution in [0, 0.1) is 0 Å². The van der Waals surface area contributed by atoms with Crippen LogP contribution in [-0.4, -0.2) is 10.9 Å². The van der Waals surface area contributed by atoms with E-state index in [2.05, 4.69) is 6.92 Å². The van der Waals surface area contributed by atoms with E-state index in [1.807, 2.05) is 24.3 Å². The van der Waals surface area contributed by atoms with Crippen LogP contribution in [0.3, 0.4) is 0 Å². The first-order valence-electron chi connectivity index (χ1n) is 9.46. The van der Waals surface area contributed by atoms with Crippen LogP contribution in [0.2, 0.25) is 0 Å². The van der Waals surface area contributed by atoms with Crippen LogP contribution in [-0.2, 0) is 0 Å². The fraction of sp³-hybridized carbons (Fsp3) is 0.500. The number of ketones is 1. The zero-order chi connectivity index (χ0) is 17.2. The number of unbranched alkanes of at least 4 members (excludes halogenated alkanes) is 8. The van der Waals surface area contributed by atoms with Crippen molar-refractivity contribution in [2.45, 2.75) is 71.1 Å². The lowest BCUT2D eigenvalue weighted by atomic mass is 10.00. The maximum absolute atomic E-state index is 12.3. The number of carbonyl (C=O) groups excluding carboxylic acids is 1. The Morgan fingerprint density at radius 1 is 0.792 bits per heavy atom. The Morgan fingerprint density at radius 2 is 1.38 bits per heavy atom. The van der Waals surface area contributed by atoms with Crippen molar-refractivity contribution in [3.05, 3.63) is 42.0 Å². The van der Waals surface area contributed by atoms with Crippen molar-refractivity contribution in [2.24, 2.45) is 0 Å². The molecule has 0 unspecified atom stereocenters. The van der Waals surface area contributed by atoms with Gasteiger partial charge in [-0.1, -0.05) is 76.5 Å². The molecular formula is C22H30O2. The van der Waals surface area contributed by atoms with Crippen LogP contribution in [0.15, 0.2) is 36.4 Å². The summed E-state index contributed by atoms with van der Waals surface area (Å²) < 4.78 is 0. The lowest BCUT2D eigenvalue weighted by molar-refractivity contribution is 0.0979. The summed E-state index contributed by atoms with van der Waals surface area (Å²) >= 11 is 0. The third-order valence-electron chi connectivity index (χ3n) is 4.65. The van der Waals surface area contributed by atoms with Gasteiger partial charge < -0.3 is 5.11 Å². The molecule has 0 saturated carbocycles. The first-order chi connectivity index (χ1) is 11.7. The van der Waals surface area contributed by atoms with E-state index < -0.39 is 0 Å². The summed E-state index contributed by atoms with van der Waals surface area (Å²) in [6.45, 7) is 2.25. The number of hydrogen-bond donors (Lipinski definition) is 1. The summed E-state index contributed by atoms with van der Waals surface area (Å²) in [5, 5.41) is 11.5. The first kappa shape index (κ1) is 18.5. The Morgan fingerprint density at radius 3 is 2.08 bits per heavy atom. The zero-order valence-electron chi connectivity index (χ0n) is 14.9. The van der Waals surface area contributed by atoms with Crippen LogP contribution >= 0.6 is 0 Å². The second-order valence-electron chi connectivity index (χ2n) is 6.75. The zero-order valence-corrected chi connectivity index (χ0v) is 14.9. The second kappa shape index (κ2) is 10.1. The molecule has 1 N–H and O–H groups in total. The topological polar surface area (TPSA) is 37.3 Å². The number of rotatable bonds is 11. The predicted octanol–water partition coefficient (Wildman–Crippen LogP) is 6.65. The number of fused-ring (bicyclic) bond motifs is 1. The van der Waals surface area contributed by atoms with Crippen molar-refractivity contribution in [1.82, 2.24) is 0 Å². The Balaban J connectivity index is 1.68. The molecule has 0 aliphatic heterocycles. The van der Waals surface area contributed by atoms with Crippen molar-refractivity contribution in [1.29, 1.82) is 0 Å². The summed E-state index contributed by atoms with van der Waals surface area (Å²) in [7, 11) is 0. The van der Waals surface area contributed by atoms with E-state index in [0.717, 1.165) is 29.2 Å². The van der Waals surface area contributed by atoms with E-state index in [1.165, 1.54) is 44.9 Å². The molecule has 0 aliphatic carbocycles. The molecule has 2 aromatic rings. The van der Waals surface area contributed by atoms with E-state index in [4.69, 9.17) is 0 Å². The normalized spacial score (nSPS) is 11.0. The molecule has 0 spiro atoms. The van der Waals surface area contributed by atoms with Gasteiger partial charge in [0.15, 0.2) is 5.78 Å². The molecule has 2 aromatic carbocycles. The Labute approximate surface area is 145 Å². The maximum atomic E-state index is 12.3. The minimum atomic E-state index is 0.230. The summed E-state index contributed by atoms with van der Waals surface area (Å²) in [6.07, 6.45) is 12.1. The van der Waals surface area contributed by atoms with Crippen molar-refractivity contribution in [3.8, 4) is 5.75 Å². The molecule has 0 bridgehead atoms. The van der Waals surface area contributed by atoms with Gasteiger partial charge in [0, 0.05) is 12.0 Å². The van der Waals surface area contributed by atoms with E-state index in [1.54, 1.807) is 12.1 Å². The molecule has 0 saturated heterocycles. The van der Waals surface area contributed by atoms with Crippen LogP contribution in [0.25, 0.3) is 10.8 Å². The molecule has 24 heavy (non-hydrogen) atoms. The van der Waals surface area contributed by atoms with Gasteiger partial charge in [-0.2, -0.15) is 0 Å². The number of phenols is 1. The van der Waals surface area contributed by atoms with Gasteiger partial charge in [-0.25, -0.2) is 0 Å². The lowest BCUT2D eigenvalue weighted by Gasteiger charge is -2.05. The summed E-state index contributed by atoms with van der Waals surface area (Å²) in [5.74, 6) is 0.490. The highest BCUT2D eigenvalue weighted by molar-refractivity contribution is 6.00. The maximum Gasteiger partial charge on any atom is 0.162 e. The number of phenolic OH excluding ortho intramolecular Hbond substituents is 1. The Bertz CT molecular complexity index is 645. The van der Waals surface area contributed by atoms with Crippen molar-refractivity contribution < 1.29 is 9.90 Å². The van der Waals surface area contributed by atoms with Crippen LogP contribution in [0.5, 0.6) is 5.75 Å². The second-order valence-corrected chi connectivity index (χ2v) is 6.75. The fourth-order valence-electron chi connectivity index (χ4n) is 3.15. The molecule has 0 amide bonds. The highest BCUT2D eigenvalue weighted by atomic mass is 16.3. The summed E-state index contributed by atoms with van der Waals surface area (Å²) in [5.41, 5.74) is 0.785. The van der Waals surface area contributed by atoms with Gasteiger partial charge in [-0.05, 0) is 35.4 Å². The van der Waals surface area contributed by atoms with E-state index >= 15 is 0 Å². The van der Waals surface area contributed by atoms with Gasteiger partial charge in [0.1, 0.15) is 5.75 Å². The highest BCUT2D eigenvalue weighted by Gasteiger charge is 2.07. The number of benzene rings is 2. The number of aromatic hydroxyl groups is 1. The number of carbonyl (C=O) groups is 1. The Hall–Kier alpha value is -1.83. The van der Waals surface area contributed by atoms with Gasteiger partial charge in [0.25, 0.3) is 0 Å². The molecule has 2 nitrogen and oxygen atoms in total. The SMILES string of the molecule is CCCCCCCCCCCC(=O)c1ccc2cc(O)ccc2c1. The third-order valence-corrected chi connectivity index (χ3v) is 4.65. The molecule has 2 heteroatoms. The third kappa shape index (κ3) is 5.99. The monoisotopic (exact) mass is 326 g/mol. The molecular weight excluding hydrogens is 296 g/mol. The summed E-state index contributed by atoms with van der Waals surface area (Å²) in [6, 6.07) is 11.0. The molecule has 0 radical (unpaired) electrons. The van der Waals surface area contributed by atoms with E-state index in [0.29, 0.717) is 6.42 Å². The lowest BCUT2D eigenvalue weighted by Crippen LogP contribution is -1.98. The van der Waals surface area contributed by atoms with Gasteiger partial charge in [0.05, 0.1) is 0 Å². The predicted molar refractivity (Wildman–Crippen MR) is 102 cm³/mol. The fourth-order valence-corrected chi connectivity index (χ4v) is 3.15. The average Bonchev–Trinajstić information content (AvgIpc) is 2.59. The first-order valence-corrected chi connectivity index (χ1v) is 9.46. The molecule has 0 atom stereocenters. The van der Waals surface area contributed by atoms with Crippen LogP contribution in [0.1, 0.15) is 81.5 Å². The number of Topliss-reactive ketones (excluding diaryl/α,β-unsaturated/α-hetero) is 1. The van der Waals surface area contributed by atoms with E-state index in [9.17, 15) is 9.90 Å². The number of hydrogen-bond acceptors (Lipinski definition) is 2. The standard InChI is InChI=1S/C22H30O2/c1-2-3-4-5-6-7-8-9-10-11-22(24)20-13-12-19-17-21(23)15-14-18(19)16-20/h12-17,23H,2-11H2,1H3. The van der Waals surface area contributed by atoms with E-state index in [-0.39, 0.29) is 11.5 Å². The average molecular weight is 326 g/mol. The molecule has 0 heterocycles. The largest absolute Gasteiger partial charge is 0.508 e. The Kier molecular flexibility index (Phi) is 7.81. The van der Waals surface area contributed by atoms with Crippen molar-refractivity contribution in [2.75, 3.05) is 0 Å². The minimum absolute atomic E-state index is 0.230. The smallest absolute Gasteiger partial charge is 0.162 e. The molecule has 0 aliphatic rings. The van der Waals surface area contributed by atoms with Crippen molar-refractivity contribution >= 4 is 16.6 Å². The minimum Gasteiger partial charge on any atom is -0.508 e. The van der Waals surface area contributed by atoms with Gasteiger partial charge >= 0.3 is 0 Å². The molecule has 0 aromatic heterocycles. The highest BCUT2D eigenvalue weighted by Crippen LogP contribution is 2.22. The van der Waals surface area contributed by atoms with Crippen LogP contribution < -0.4 is 0 Å². The van der Waals surface area contributed by atoms with Gasteiger partial charge in [-0.3, -0.25) is 4.79 Å². The van der Waals surface area contributed by atoms with Crippen LogP contribution in [0.4, 0.5) is 0 Å². The van der Waals surface area contributed by atoms with Crippen molar-refractivity contribution in [3.63, 3.8) is 0 Å². The molecule has 130 valence electrons. The molecule has 0 fully saturated rings. The molecule has 2 rings (SSSR count). The quantitative estimate of drug-likeness (QED) is 0.371. The van der Waals surface area contributed by atoms with Gasteiger partial charge in [0.2, 0.25) is 0 Å². The van der Waals surface area contributed by atoms with Gasteiger partial charge in [-0.15, -0.1) is 0 Å². The summed E-state index contributed by atoms with van der Waals surface area (Å²) in [4.78, 5) is 12.3.